The summed E-state index contributed by atoms with van der Waals surface area (Å²) in [5.41, 5.74) is 3.81. The molecule has 5 rings (SSSR count). The first-order chi connectivity index (χ1) is 23.2. The Hall–Kier alpha value is -4.63. The van der Waals surface area contributed by atoms with Gasteiger partial charge in [0.2, 0.25) is 11.8 Å². The minimum atomic E-state index is -4.17. The second-order valence-corrected chi connectivity index (χ2v) is 14.2. The molecule has 8 nitrogen and oxygen atoms in total. The van der Waals surface area contributed by atoms with Crippen molar-refractivity contribution >= 4 is 27.5 Å². The lowest BCUT2D eigenvalue weighted by Crippen LogP contribution is -2.54. The smallest absolute Gasteiger partial charge is 0.264 e. The molecule has 0 spiro atoms. The van der Waals surface area contributed by atoms with Crippen LogP contribution in [0, 0.1) is 6.92 Å². The van der Waals surface area contributed by atoms with E-state index in [9.17, 15) is 18.0 Å². The van der Waals surface area contributed by atoms with Crippen molar-refractivity contribution in [2.45, 2.75) is 75.9 Å². The predicted molar refractivity (Wildman–Crippen MR) is 189 cm³/mol. The molecule has 1 N–H and O–H groups in total. The molecule has 4 aromatic carbocycles. The Morgan fingerprint density at radius 3 is 2.23 bits per heavy atom. The summed E-state index contributed by atoms with van der Waals surface area (Å²) in [6.45, 7) is 3.44. The van der Waals surface area contributed by atoms with Crippen LogP contribution in [0.3, 0.4) is 0 Å². The van der Waals surface area contributed by atoms with Crippen LogP contribution in [0.1, 0.15) is 54.9 Å². The number of amides is 2. The molecule has 1 fully saturated rings. The summed E-state index contributed by atoms with van der Waals surface area (Å²) in [7, 11) is -2.60. The van der Waals surface area contributed by atoms with Crippen molar-refractivity contribution in [2.75, 3.05) is 18.0 Å². The number of hydrogen-bond acceptors (Lipinski definition) is 5. The summed E-state index contributed by atoms with van der Waals surface area (Å²) in [6.07, 6.45) is 4.71. The number of carbonyl (C=O) groups is 2. The number of methoxy groups -OCH3 is 1. The molecule has 48 heavy (non-hydrogen) atoms. The number of nitrogens with one attached hydrogen (secondary N) is 1. The van der Waals surface area contributed by atoms with E-state index in [4.69, 9.17) is 4.74 Å². The van der Waals surface area contributed by atoms with Gasteiger partial charge in [-0.05, 0) is 73.2 Å². The molecular formula is C39H45N3O5S. The van der Waals surface area contributed by atoms with Gasteiger partial charge in [0.25, 0.3) is 10.0 Å². The zero-order chi connectivity index (χ0) is 34.1. The first-order valence-corrected chi connectivity index (χ1v) is 18.1. The molecule has 1 saturated carbocycles. The Morgan fingerprint density at radius 1 is 0.875 bits per heavy atom. The molecule has 2 amide bonds. The molecule has 0 radical (unpaired) electrons. The molecule has 1 aliphatic rings. The number of ether oxygens (including phenoxy) is 1. The molecule has 0 aliphatic heterocycles. The third-order valence-corrected chi connectivity index (χ3v) is 10.8. The van der Waals surface area contributed by atoms with Gasteiger partial charge in [0, 0.05) is 19.0 Å². The molecule has 0 heterocycles. The van der Waals surface area contributed by atoms with Gasteiger partial charge < -0.3 is 15.0 Å². The van der Waals surface area contributed by atoms with Crippen molar-refractivity contribution in [3.05, 3.63) is 125 Å². The number of anilines is 1. The number of nitrogens with zero attached hydrogens (tertiary/aromatic N) is 2. The lowest BCUT2D eigenvalue weighted by atomic mass is 10.0. The van der Waals surface area contributed by atoms with E-state index in [-0.39, 0.29) is 29.8 Å². The van der Waals surface area contributed by atoms with Crippen LogP contribution in [0.4, 0.5) is 5.69 Å². The first kappa shape index (κ1) is 34.7. The van der Waals surface area contributed by atoms with Crippen LogP contribution in [0.5, 0.6) is 5.75 Å². The molecule has 252 valence electrons. The quantitative estimate of drug-likeness (QED) is 0.167. The van der Waals surface area contributed by atoms with Crippen LogP contribution in [-0.4, -0.2) is 50.9 Å². The summed E-state index contributed by atoms with van der Waals surface area (Å²) in [4.78, 5) is 30.6. The maximum Gasteiger partial charge on any atom is 0.264 e. The van der Waals surface area contributed by atoms with E-state index >= 15 is 0 Å². The summed E-state index contributed by atoms with van der Waals surface area (Å²) < 4.78 is 35.5. The maximum atomic E-state index is 14.8. The maximum absolute atomic E-state index is 14.8. The van der Waals surface area contributed by atoms with Crippen LogP contribution in [0.2, 0.25) is 0 Å². The first-order valence-electron chi connectivity index (χ1n) is 16.6. The van der Waals surface area contributed by atoms with Crippen LogP contribution in [-0.2, 0) is 39.0 Å². The van der Waals surface area contributed by atoms with E-state index in [2.05, 4.69) is 5.32 Å². The van der Waals surface area contributed by atoms with Crippen molar-refractivity contribution in [1.82, 2.24) is 10.2 Å². The van der Waals surface area contributed by atoms with Gasteiger partial charge >= 0.3 is 0 Å². The Kier molecular flexibility index (Phi) is 11.5. The Labute approximate surface area is 284 Å². The predicted octanol–water partition coefficient (Wildman–Crippen LogP) is 6.46. The highest BCUT2D eigenvalue weighted by Crippen LogP contribution is 2.29. The van der Waals surface area contributed by atoms with Gasteiger partial charge in [-0.3, -0.25) is 13.9 Å². The Balaban J connectivity index is 1.59. The third-order valence-electron chi connectivity index (χ3n) is 8.99. The number of carbonyl (C=O) groups excluding carboxylic acids is 2. The van der Waals surface area contributed by atoms with Gasteiger partial charge in [-0.15, -0.1) is 0 Å². The van der Waals surface area contributed by atoms with Gasteiger partial charge in [0.05, 0.1) is 17.7 Å². The van der Waals surface area contributed by atoms with Crippen molar-refractivity contribution in [3.63, 3.8) is 0 Å². The lowest BCUT2D eigenvalue weighted by Gasteiger charge is -2.34. The second kappa shape index (κ2) is 16.0. The minimum absolute atomic E-state index is 0.0411. The van der Waals surface area contributed by atoms with Crippen molar-refractivity contribution in [3.8, 4) is 5.75 Å². The van der Waals surface area contributed by atoms with Gasteiger partial charge in [0.15, 0.2) is 0 Å². The zero-order valence-electron chi connectivity index (χ0n) is 28.0. The molecular weight excluding hydrogens is 623 g/mol. The molecule has 0 aromatic heterocycles. The number of aryl methyl sites for hydroxylation is 2. The normalized spacial score (nSPS) is 13.9. The number of hydrogen-bond donors (Lipinski definition) is 1. The number of rotatable bonds is 14. The highest BCUT2D eigenvalue weighted by Gasteiger charge is 2.36. The Morgan fingerprint density at radius 2 is 1.54 bits per heavy atom. The average molecular weight is 668 g/mol. The molecule has 4 aromatic rings. The van der Waals surface area contributed by atoms with Crippen molar-refractivity contribution in [2.24, 2.45) is 0 Å². The van der Waals surface area contributed by atoms with Crippen LogP contribution in [0.15, 0.2) is 108 Å². The van der Waals surface area contributed by atoms with Crippen LogP contribution >= 0.6 is 0 Å². The van der Waals surface area contributed by atoms with Crippen LogP contribution < -0.4 is 14.4 Å². The SMILES string of the molecule is CCc1ccccc1N(CC(=O)N(Cc1cccc(OC)c1)C(Cc1ccccc1)C(=O)NC1CCCC1)S(=O)(=O)c1ccc(C)cc1. The van der Waals surface area contributed by atoms with Crippen LogP contribution in [0.25, 0.3) is 0 Å². The van der Waals surface area contributed by atoms with E-state index in [0.717, 1.165) is 47.9 Å². The molecule has 1 unspecified atom stereocenters. The topological polar surface area (TPSA) is 96.0 Å². The van der Waals surface area contributed by atoms with E-state index in [1.54, 1.807) is 43.5 Å². The molecule has 0 bridgehead atoms. The fourth-order valence-electron chi connectivity index (χ4n) is 6.29. The largest absolute Gasteiger partial charge is 0.497 e. The number of para-hydroxylation sites is 1. The summed E-state index contributed by atoms with van der Waals surface area (Å²) in [5, 5.41) is 3.22. The second-order valence-electron chi connectivity index (χ2n) is 12.4. The van der Waals surface area contributed by atoms with E-state index in [1.165, 1.54) is 9.21 Å². The lowest BCUT2D eigenvalue weighted by molar-refractivity contribution is -0.140. The molecule has 1 atom stereocenters. The number of sulfonamides is 1. The molecule has 1 aliphatic carbocycles. The van der Waals surface area contributed by atoms with Crippen molar-refractivity contribution < 1.29 is 22.7 Å². The fourth-order valence-corrected chi connectivity index (χ4v) is 7.74. The monoisotopic (exact) mass is 667 g/mol. The van der Waals surface area contributed by atoms with Gasteiger partial charge in [0.1, 0.15) is 18.3 Å². The minimum Gasteiger partial charge on any atom is -0.497 e. The Bertz CT molecular complexity index is 1790. The highest BCUT2D eigenvalue weighted by molar-refractivity contribution is 7.92. The fraction of sp³-hybridized carbons (Fsp3) is 0.333. The van der Waals surface area contributed by atoms with E-state index in [0.29, 0.717) is 17.9 Å². The van der Waals surface area contributed by atoms with E-state index < -0.39 is 28.5 Å². The summed E-state index contributed by atoms with van der Waals surface area (Å²) in [5.74, 6) is -0.110. The van der Waals surface area contributed by atoms with Gasteiger partial charge in [-0.1, -0.05) is 98.1 Å². The average Bonchev–Trinajstić information content (AvgIpc) is 3.62. The third kappa shape index (κ3) is 8.44. The molecule has 0 saturated heterocycles. The van der Waals surface area contributed by atoms with Gasteiger partial charge in [-0.25, -0.2) is 8.42 Å². The summed E-state index contributed by atoms with van der Waals surface area (Å²) >= 11 is 0. The van der Waals surface area contributed by atoms with E-state index in [1.807, 2.05) is 80.6 Å². The highest BCUT2D eigenvalue weighted by atomic mass is 32.2. The standard InChI is InChI=1S/C39H45N3O5S/c1-4-32-16-8-11-20-36(32)42(48(45,46)35-23-21-29(2)22-24-35)28-38(43)41(27-31-15-12-19-34(25-31)47-3)37(26-30-13-6-5-7-14-30)39(44)40-33-17-9-10-18-33/h5-8,11-16,19-25,33,37H,4,9-10,17-18,26-28H2,1-3H3,(H,40,44). The molecule has 9 heteroatoms. The summed E-state index contributed by atoms with van der Waals surface area (Å²) in [6, 6.07) is 30.0. The zero-order valence-corrected chi connectivity index (χ0v) is 28.8. The van der Waals surface area contributed by atoms with Crippen molar-refractivity contribution in [1.29, 1.82) is 0 Å². The number of benzene rings is 4. The van der Waals surface area contributed by atoms with Gasteiger partial charge in [-0.2, -0.15) is 0 Å².